The molecule has 0 aliphatic rings. The molecule has 1 aromatic heterocycles. The van der Waals surface area contributed by atoms with E-state index in [1.165, 1.54) is 5.39 Å². The van der Waals surface area contributed by atoms with Gasteiger partial charge in [-0.15, -0.1) is 0 Å². The number of carbonyl (C=O) groups excluding carboxylic acids is 1. The molecule has 0 aliphatic carbocycles. The fraction of sp³-hybridized carbons (Fsp3) is 0. The number of hydrogen-bond acceptors (Lipinski definition) is 2. The van der Waals surface area contributed by atoms with Crippen molar-refractivity contribution in [1.29, 1.82) is 0 Å². The first-order valence-electron chi connectivity index (χ1n) is 7.80. The van der Waals surface area contributed by atoms with Crippen molar-refractivity contribution in [3.63, 3.8) is 0 Å². The van der Waals surface area contributed by atoms with E-state index in [4.69, 9.17) is 4.98 Å². The third kappa shape index (κ3) is 2.29. The van der Waals surface area contributed by atoms with Gasteiger partial charge < -0.3 is 0 Å². The third-order valence-electron chi connectivity index (χ3n) is 4.29. The van der Waals surface area contributed by atoms with Gasteiger partial charge in [0.2, 0.25) is 0 Å². The SMILES string of the molecule is C=C(c1ccc(C=O)cc1)c1nc2ccccc2c2ccccc12. The summed E-state index contributed by atoms with van der Waals surface area (Å²) in [6, 6.07) is 23.8. The summed E-state index contributed by atoms with van der Waals surface area (Å²) in [6.07, 6.45) is 0.843. The summed E-state index contributed by atoms with van der Waals surface area (Å²) in [5.41, 5.74) is 4.31. The fourth-order valence-corrected chi connectivity index (χ4v) is 3.03. The molecule has 0 unspecified atom stereocenters. The Labute approximate surface area is 140 Å². The molecule has 0 radical (unpaired) electrons. The second kappa shape index (κ2) is 5.74. The second-order valence-corrected chi connectivity index (χ2v) is 5.74. The third-order valence-corrected chi connectivity index (χ3v) is 4.29. The first kappa shape index (κ1) is 14.3. The molecule has 0 saturated heterocycles. The Bertz CT molecular complexity index is 1080. The van der Waals surface area contributed by atoms with E-state index >= 15 is 0 Å². The number of carbonyl (C=O) groups is 1. The predicted molar refractivity (Wildman–Crippen MR) is 99.2 cm³/mol. The largest absolute Gasteiger partial charge is 0.298 e. The lowest BCUT2D eigenvalue weighted by Crippen LogP contribution is -1.95. The van der Waals surface area contributed by atoms with Crippen LogP contribution >= 0.6 is 0 Å². The van der Waals surface area contributed by atoms with Crippen LogP contribution < -0.4 is 0 Å². The van der Waals surface area contributed by atoms with Crippen molar-refractivity contribution in [1.82, 2.24) is 4.98 Å². The highest BCUT2D eigenvalue weighted by atomic mass is 16.1. The molecular formula is C22H15NO. The molecule has 0 fully saturated rings. The summed E-state index contributed by atoms with van der Waals surface area (Å²) < 4.78 is 0. The van der Waals surface area contributed by atoms with Gasteiger partial charge in [0.15, 0.2) is 0 Å². The fourth-order valence-electron chi connectivity index (χ4n) is 3.03. The summed E-state index contributed by atoms with van der Waals surface area (Å²) in [5, 5.41) is 3.39. The van der Waals surface area contributed by atoms with Gasteiger partial charge in [0.05, 0.1) is 11.2 Å². The van der Waals surface area contributed by atoms with Crippen molar-refractivity contribution < 1.29 is 4.79 Å². The minimum atomic E-state index is 0.655. The normalized spacial score (nSPS) is 10.8. The van der Waals surface area contributed by atoms with Crippen molar-refractivity contribution in [2.24, 2.45) is 0 Å². The van der Waals surface area contributed by atoms with Crippen LogP contribution in [0.15, 0.2) is 79.4 Å². The van der Waals surface area contributed by atoms with Gasteiger partial charge in [0.25, 0.3) is 0 Å². The Morgan fingerprint density at radius 3 is 2.12 bits per heavy atom. The molecule has 0 aliphatic heterocycles. The number of nitrogens with zero attached hydrogens (tertiary/aromatic N) is 1. The maximum Gasteiger partial charge on any atom is 0.150 e. The van der Waals surface area contributed by atoms with E-state index in [2.05, 4.69) is 24.8 Å². The van der Waals surface area contributed by atoms with Crippen LogP contribution in [-0.4, -0.2) is 11.3 Å². The minimum Gasteiger partial charge on any atom is -0.298 e. The maximum atomic E-state index is 10.8. The molecule has 0 N–H and O–H groups in total. The highest BCUT2D eigenvalue weighted by Gasteiger charge is 2.11. The molecule has 0 atom stereocenters. The monoisotopic (exact) mass is 309 g/mol. The number of aldehydes is 1. The van der Waals surface area contributed by atoms with Crippen LogP contribution in [0.3, 0.4) is 0 Å². The highest BCUT2D eigenvalue weighted by Crippen LogP contribution is 2.31. The van der Waals surface area contributed by atoms with Gasteiger partial charge in [-0.25, -0.2) is 4.98 Å². The Hall–Kier alpha value is -3.26. The smallest absolute Gasteiger partial charge is 0.150 e. The van der Waals surface area contributed by atoms with Crippen LogP contribution in [-0.2, 0) is 0 Å². The lowest BCUT2D eigenvalue weighted by molar-refractivity contribution is 0.112. The standard InChI is InChI=1S/C22H15NO/c1-15(17-12-10-16(14-24)11-13-17)22-20-8-3-2-6-18(20)19-7-4-5-9-21(19)23-22/h2-14H,1H2. The summed E-state index contributed by atoms with van der Waals surface area (Å²) in [7, 11) is 0. The predicted octanol–water partition coefficient (Wildman–Crippen LogP) is 5.26. The lowest BCUT2D eigenvalue weighted by Gasteiger charge is -2.12. The highest BCUT2D eigenvalue weighted by molar-refractivity contribution is 6.10. The quantitative estimate of drug-likeness (QED) is 0.381. The zero-order valence-corrected chi connectivity index (χ0v) is 13.1. The van der Waals surface area contributed by atoms with Gasteiger partial charge >= 0.3 is 0 Å². The molecule has 2 heteroatoms. The van der Waals surface area contributed by atoms with E-state index in [1.54, 1.807) is 12.1 Å². The van der Waals surface area contributed by atoms with Crippen LogP contribution in [0.4, 0.5) is 0 Å². The molecule has 3 aromatic carbocycles. The first-order valence-corrected chi connectivity index (χ1v) is 7.80. The van der Waals surface area contributed by atoms with Crippen LogP contribution in [0.1, 0.15) is 21.6 Å². The van der Waals surface area contributed by atoms with Gasteiger partial charge in [0, 0.05) is 21.9 Å². The Kier molecular flexibility index (Phi) is 3.43. The van der Waals surface area contributed by atoms with E-state index in [0.29, 0.717) is 5.56 Å². The van der Waals surface area contributed by atoms with Crippen molar-refractivity contribution >= 4 is 33.5 Å². The van der Waals surface area contributed by atoms with Crippen molar-refractivity contribution in [2.75, 3.05) is 0 Å². The summed E-state index contributed by atoms with van der Waals surface area (Å²) >= 11 is 0. The van der Waals surface area contributed by atoms with Crippen LogP contribution in [0.5, 0.6) is 0 Å². The number of benzene rings is 3. The molecule has 114 valence electrons. The zero-order valence-electron chi connectivity index (χ0n) is 13.1. The number of pyridine rings is 1. The topological polar surface area (TPSA) is 30.0 Å². The average molecular weight is 309 g/mol. The van der Waals surface area contributed by atoms with E-state index in [-0.39, 0.29) is 0 Å². The minimum absolute atomic E-state index is 0.655. The molecule has 4 aromatic rings. The Morgan fingerprint density at radius 1 is 0.792 bits per heavy atom. The molecule has 2 nitrogen and oxygen atoms in total. The number of rotatable bonds is 3. The van der Waals surface area contributed by atoms with Gasteiger partial charge in [-0.2, -0.15) is 0 Å². The van der Waals surface area contributed by atoms with E-state index < -0.39 is 0 Å². The van der Waals surface area contributed by atoms with E-state index in [0.717, 1.165) is 39.4 Å². The lowest BCUT2D eigenvalue weighted by atomic mass is 9.96. The van der Waals surface area contributed by atoms with Gasteiger partial charge in [-0.3, -0.25) is 4.79 Å². The molecule has 0 amide bonds. The first-order chi connectivity index (χ1) is 11.8. The molecule has 0 spiro atoms. The maximum absolute atomic E-state index is 10.8. The Balaban J connectivity index is 1.96. The average Bonchev–Trinajstić information content (AvgIpc) is 2.67. The summed E-state index contributed by atoms with van der Waals surface area (Å²) in [4.78, 5) is 15.7. The number of para-hydroxylation sites is 1. The van der Waals surface area contributed by atoms with Crippen molar-refractivity contribution in [3.05, 3.63) is 96.2 Å². The van der Waals surface area contributed by atoms with Crippen LogP contribution in [0.2, 0.25) is 0 Å². The molecular weight excluding hydrogens is 294 g/mol. The van der Waals surface area contributed by atoms with E-state index in [1.807, 2.05) is 42.5 Å². The van der Waals surface area contributed by atoms with Gasteiger partial charge in [-0.1, -0.05) is 73.3 Å². The summed E-state index contributed by atoms with van der Waals surface area (Å²) in [5.74, 6) is 0. The van der Waals surface area contributed by atoms with Gasteiger partial charge in [0.1, 0.15) is 6.29 Å². The zero-order chi connectivity index (χ0) is 16.5. The van der Waals surface area contributed by atoms with Crippen LogP contribution in [0, 0.1) is 0 Å². The molecule has 4 rings (SSSR count). The number of aromatic nitrogens is 1. The van der Waals surface area contributed by atoms with Gasteiger partial charge in [-0.05, 0) is 17.0 Å². The molecule has 24 heavy (non-hydrogen) atoms. The molecule has 0 saturated carbocycles. The van der Waals surface area contributed by atoms with Crippen LogP contribution in [0.25, 0.3) is 27.2 Å². The number of hydrogen-bond donors (Lipinski definition) is 0. The van der Waals surface area contributed by atoms with E-state index in [9.17, 15) is 4.79 Å². The second-order valence-electron chi connectivity index (χ2n) is 5.74. The van der Waals surface area contributed by atoms with Crippen molar-refractivity contribution in [3.8, 4) is 0 Å². The van der Waals surface area contributed by atoms with Crippen molar-refractivity contribution in [2.45, 2.75) is 0 Å². The Morgan fingerprint density at radius 2 is 1.42 bits per heavy atom. The molecule has 1 heterocycles. The summed E-state index contributed by atoms with van der Waals surface area (Å²) in [6.45, 7) is 4.26. The number of fused-ring (bicyclic) bond motifs is 3. The molecule has 0 bridgehead atoms.